The first-order valence-electron chi connectivity index (χ1n) is 8.59. The van der Waals surface area contributed by atoms with Crippen LogP contribution in [0.3, 0.4) is 0 Å². The molecule has 150 valence electrons. The summed E-state index contributed by atoms with van der Waals surface area (Å²) in [6.07, 6.45) is 0. The first-order chi connectivity index (χ1) is 13.3. The maximum absolute atomic E-state index is 12.9. The molecular weight excluding hydrogens is 483 g/mol. The molecule has 0 fully saturated rings. The molecule has 1 unspecified atom stereocenters. The van der Waals surface area contributed by atoms with E-state index in [9.17, 15) is 9.59 Å². The third-order valence-corrected chi connectivity index (χ3v) is 6.35. The number of likely N-dealkylation sites (N-methyl/N-ethyl adjacent to an activating group) is 1. The lowest BCUT2D eigenvalue weighted by Crippen LogP contribution is -2.47. The van der Waals surface area contributed by atoms with E-state index in [2.05, 4.69) is 21.2 Å². The number of benzene rings is 2. The summed E-state index contributed by atoms with van der Waals surface area (Å²) in [7, 11) is 1.57. The predicted molar refractivity (Wildman–Crippen MR) is 121 cm³/mol. The van der Waals surface area contributed by atoms with Gasteiger partial charge in [-0.05, 0) is 42.3 Å². The molecule has 2 aromatic carbocycles. The van der Waals surface area contributed by atoms with E-state index in [0.717, 1.165) is 15.6 Å². The Kier molecular flexibility index (Phi) is 9.15. The van der Waals surface area contributed by atoms with E-state index in [1.165, 1.54) is 11.8 Å². The van der Waals surface area contributed by atoms with E-state index in [0.29, 0.717) is 22.3 Å². The van der Waals surface area contributed by atoms with E-state index in [1.54, 1.807) is 31.0 Å². The van der Waals surface area contributed by atoms with Gasteiger partial charge in [-0.1, -0.05) is 57.3 Å². The quantitative estimate of drug-likeness (QED) is 0.541. The Labute approximate surface area is 188 Å². The first kappa shape index (κ1) is 23.1. The number of halogens is 3. The van der Waals surface area contributed by atoms with Gasteiger partial charge in [0.05, 0.1) is 15.8 Å². The number of hydrogen-bond donors (Lipinski definition) is 1. The minimum Gasteiger partial charge on any atom is -0.357 e. The molecule has 0 aliphatic carbocycles. The molecule has 1 atom stereocenters. The van der Waals surface area contributed by atoms with E-state index < -0.39 is 6.04 Å². The second-order valence-electron chi connectivity index (χ2n) is 6.18. The van der Waals surface area contributed by atoms with Crippen molar-refractivity contribution < 1.29 is 9.59 Å². The molecule has 2 aromatic rings. The van der Waals surface area contributed by atoms with Crippen LogP contribution in [0.25, 0.3) is 0 Å². The number of rotatable bonds is 8. The second-order valence-corrected chi connectivity index (χ2v) is 8.90. The van der Waals surface area contributed by atoms with Gasteiger partial charge >= 0.3 is 0 Å². The average molecular weight is 504 g/mol. The molecule has 0 saturated carbocycles. The van der Waals surface area contributed by atoms with Crippen LogP contribution in [-0.4, -0.2) is 35.6 Å². The summed E-state index contributed by atoms with van der Waals surface area (Å²) in [5, 5.41) is 3.62. The zero-order valence-corrected chi connectivity index (χ0v) is 19.5. The maximum atomic E-state index is 12.9. The highest BCUT2D eigenvalue weighted by Crippen LogP contribution is 2.25. The van der Waals surface area contributed by atoms with Crippen LogP contribution in [0.4, 0.5) is 0 Å². The fourth-order valence-corrected chi connectivity index (χ4v) is 4.22. The van der Waals surface area contributed by atoms with Crippen molar-refractivity contribution in [1.82, 2.24) is 10.2 Å². The van der Waals surface area contributed by atoms with Crippen molar-refractivity contribution >= 4 is 62.7 Å². The van der Waals surface area contributed by atoms with Gasteiger partial charge in [-0.15, -0.1) is 11.8 Å². The Bertz CT molecular complexity index is 851. The molecule has 0 aromatic heterocycles. The van der Waals surface area contributed by atoms with Crippen molar-refractivity contribution in [2.45, 2.75) is 25.3 Å². The Hall–Kier alpha value is -1.21. The van der Waals surface area contributed by atoms with Crippen LogP contribution in [0.5, 0.6) is 0 Å². The number of amides is 2. The topological polar surface area (TPSA) is 49.4 Å². The predicted octanol–water partition coefficient (Wildman–Crippen LogP) is 5.15. The van der Waals surface area contributed by atoms with Crippen molar-refractivity contribution in [2.24, 2.45) is 0 Å². The molecule has 2 rings (SSSR count). The molecule has 4 nitrogen and oxygen atoms in total. The molecule has 0 heterocycles. The standard InChI is InChI=1S/C20H21BrCl2N2O2S/c1-13(20(27)24-2)25(10-14-4-3-5-16(21)8-14)19(26)12-28-11-15-6-7-17(22)18(23)9-15/h3-9,13H,10-12H2,1-2H3,(H,24,27). The highest BCUT2D eigenvalue weighted by atomic mass is 79.9. The van der Waals surface area contributed by atoms with Crippen LogP contribution in [0.2, 0.25) is 10.0 Å². The summed E-state index contributed by atoms with van der Waals surface area (Å²) >= 11 is 16.9. The van der Waals surface area contributed by atoms with Gasteiger partial charge in [-0.3, -0.25) is 9.59 Å². The molecule has 1 N–H and O–H groups in total. The van der Waals surface area contributed by atoms with Gasteiger partial charge in [0.25, 0.3) is 0 Å². The van der Waals surface area contributed by atoms with Gasteiger partial charge < -0.3 is 10.2 Å². The number of nitrogens with zero attached hydrogens (tertiary/aromatic N) is 1. The molecule has 0 aliphatic heterocycles. The van der Waals surface area contributed by atoms with Crippen LogP contribution >= 0.6 is 50.9 Å². The lowest BCUT2D eigenvalue weighted by atomic mass is 10.1. The Morgan fingerprint density at radius 3 is 2.54 bits per heavy atom. The van der Waals surface area contributed by atoms with Gasteiger partial charge in [0, 0.05) is 23.8 Å². The van der Waals surface area contributed by atoms with Crippen molar-refractivity contribution in [3.05, 3.63) is 68.1 Å². The molecule has 0 aliphatic rings. The van der Waals surface area contributed by atoms with Crippen molar-refractivity contribution in [3.63, 3.8) is 0 Å². The molecule has 0 spiro atoms. The summed E-state index contributed by atoms with van der Waals surface area (Å²) in [5.74, 6) is 0.594. The number of nitrogens with one attached hydrogen (secondary N) is 1. The van der Waals surface area contributed by atoms with Crippen LogP contribution < -0.4 is 5.32 Å². The zero-order valence-electron chi connectivity index (χ0n) is 15.5. The van der Waals surface area contributed by atoms with Gasteiger partial charge in [-0.25, -0.2) is 0 Å². The highest BCUT2D eigenvalue weighted by Gasteiger charge is 2.25. The van der Waals surface area contributed by atoms with E-state index in [-0.39, 0.29) is 17.6 Å². The third-order valence-electron chi connectivity index (χ3n) is 4.13. The fourth-order valence-electron chi connectivity index (χ4n) is 2.59. The van der Waals surface area contributed by atoms with E-state index in [1.807, 2.05) is 30.3 Å². The highest BCUT2D eigenvalue weighted by molar-refractivity contribution is 9.10. The van der Waals surface area contributed by atoms with Gasteiger partial charge in [0.2, 0.25) is 11.8 Å². The second kappa shape index (κ2) is 11.1. The SMILES string of the molecule is CNC(=O)C(C)N(Cc1cccc(Br)c1)C(=O)CSCc1ccc(Cl)c(Cl)c1. The van der Waals surface area contributed by atoms with Crippen molar-refractivity contribution in [3.8, 4) is 0 Å². The Balaban J connectivity index is 2.05. The normalized spacial score (nSPS) is 11.8. The first-order valence-corrected chi connectivity index (χ1v) is 11.3. The molecule has 0 saturated heterocycles. The molecule has 8 heteroatoms. The zero-order chi connectivity index (χ0) is 20.7. The third kappa shape index (κ3) is 6.69. The summed E-state index contributed by atoms with van der Waals surface area (Å²) in [6, 6.07) is 12.6. The van der Waals surface area contributed by atoms with Crippen molar-refractivity contribution in [2.75, 3.05) is 12.8 Å². The molecule has 0 bridgehead atoms. The average Bonchev–Trinajstić information content (AvgIpc) is 2.67. The van der Waals surface area contributed by atoms with Crippen LogP contribution in [0, 0.1) is 0 Å². The minimum atomic E-state index is -0.568. The summed E-state index contributed by atoms with van der Waals surface area (Å²) < 4.78 is 0.930. The Morgan fingerprint density at radius 1 is 1.14 bits per heavy atom. The van der Waals surface area contributed by atoms with Crippen molar-refractivity contribution in [1.29, 1.82) is 0 Å². The number of carbonyl (C=O) groups is 2. The summed E-state index contributed by atoms with van der Waals surface area (Å²) in [5.41, 5.74) is 1.94. The smallest absolute Gasteiger partial charge is 0.242 e. The summed E-state index contributed by atoms with van der Waals surface area (Å²) in [6.45, 7) is 2.10. The molecule has 0 radical (unpaired) electrons. The number of hydrogen-bond acceptors (Lipinski definition) is 3. The number of carbonyl (C=O) groups excluding carboxylic acids is 2. The van der Waals surface area contributed by atoms with Crippen LogP contribution in [0.1, 0.15) is 18.1 Å². The minimum absolute atomic E-state index is 0.0962. The van der Waals surface area contributed by atoms with E-state index in [4.69, 9.17) is 23.2 Å². The molecule has 2 amide bonds. The van der Waals surface area contributed by atoms with Crippen LogP contribution in [0.15, 0.2) is 46.9 Å². The Morgan fingerprint density at radius 2 is 1.89 bits per heavy atom. The van der Waals surface area contributed by atoms with Gasteiger partial charge in [0.1, 0.15) is 6.04 Å². The fraction of sp³-hybridized carbons (Fsp3) is 0.300. The maximum Gasteiger partial charge on any atom is 0.242 e. The molecule has 28 heavy (non-hydrogen) atoms. The largest absolute Gasteiger partial charge is 0.357 e. The van der Waals surface area contributed by atoms with E-state index >= 15 is 0 Å². The number of thioether (sulfide) groups is 1. The molecular formula is C20H21BrCl2N2O2S. The monoisotopic (exact) mass is 502 g/mol. The van der Waals surface area contributed by atoms with Crippen LogP contribution in [-0.2, 0) is 21.9 Å². The lowest BCUT2D eigenvalue weighted by molar-refractivity contribution is -0.138. The summed E-state index contributed by atoms with van der Waals surface area (Å²) in [4.78, 5) is 26.6. The van der Waals surface area contributed by atoms with Gasteiger partial charge in [0.15, 0.2) is 0 Å². The van der Waals surface area contributed by atoms with Gasteiger partial charge in [-0.2, -0.15) is 0 Å². The lowest BCUT2D eigenvalue weighted by Gasteiger charge is -2.28.